The molecule has 0 bridgehead atoms. The summed E-state index contributed by atoms with van der Waals surface area (Å²) < 4.78 is 26.6. The Morgan fingerprint density at radius 2 is 1.96 bits per heavy atom. The minimum Gasteiger partial charge on any atom is -0.394 e. The first-order valence-corrected chi connectivity index (χ1v) is 7.56. The van der Waals surface area contributed by atoms with Gasteiger partial charge < -0.3 is 10.4 Å². The molecule has 2 N–H and O–H groups in total. The number of hydrogen-bond donors (Lipinski definition) is 2. The maximum absolute atomic E-state index is 13.3. The molecule has 2 aromatic heterocycles. The Morgan fingerprint density at radius 3 is 2.64 bits per heavy atom. The molecule has 0 aliphatic heterocycles. The van der Waals surface area contributed by atoms with E-state index in [0.717, 1.165) is 6.92 Å². The molecule has 0 saturated heterocycles. The molecule has 130 valence electrons. The lowest BCUT2D eigenvalue weighted by Crippen LogP contribution is -2.06. The number of anilines is 2. The van der Waals surface area contributed by atoms with Crippen LogP contribution in [0.4, 0.5) is 20.2 Å². The van der Waals surface area contributed by atoms with Gasteiger partial charge in [-0.1, -0.05) is 12.1 Å². The van der Waals surface area contributed by atoms with Gasteiger partial charge in [0.25, 0.3) is 5.92 Å². The van der Waals surface area contributed by atoms with E-state index in [-0.39, 0.29) is 18.7 Å². The van der Waals surface area contributed by atoms with Gasteiger partial charge in [0.2, 0.25) is 5.82 Å². The van der Waals surface area contributed by atoms with Crippen molar-refractivity contribution in [3.8, 4) is 11.4 Å². The van der Waals surface area contributed by atoms with Gasteiger partial charge in [-0.05, 0) is 23.4 Å². The summed E-state index contributed by atoms with van der Waals surface area (Å²) in [5.74, 6) is -2.53. The molecule has 0 spiro atoms. The highest BCUT2D eigenvalue weighted by atomic mass is 19.3. The van der Waals surface area contributed by atoms with Crippen molar-refractivity contribution in [1.29, 1.82) is 0 Å². The van der Waals surface area contributed by atoms with Crippen molar-refractivity contribution >= 4 is 11.4 Å². The zero-order chi connectivity index (χ0) is 17.9. The summed E-state index contributed by atoms with van der Waals surface area (Å²) in [7, 11) is 0. The molecule has 1 aromatic carbocycles. The molecular weight excluding hydrogens is 330 g/mol. The van der Waals surface area contributed by atoms with Gasteiger partial charge in [0.05, 0.1) is 24.4 Å². The van der Waals surface area contributed by atoms with Crippen molar-refractivity contribution in [3.05, 3.63) is 48.3 Å². The second-order valence-electron chi connectivity index (χ2n) is 5.44. The first-order valence-electron chi connectivity index (χ1n) is 7.56. The lowest BCUT2D eigenvalue weighted by molar-refractivity contribution is 0.0175. The van der Waals surface area contributed by atoms with Crippen LogP contribution in [-0.4, -0.2) is 36.9 Å². The van der Waals surface area contributed by atoms with E-state index in [4.69, 9.17) is 5.11 Å². The quantitative estimate of drug-likeness (QED) is 0.713. The summed E-state index contributed by atoms with van der Waals surface area (Å²) in [6, 6.07) is 7.63. The fourth-order valence-electron chi connectivity index (χ4n) is 2.22. The first-order chi connectivity index (χ1) is 12.0. The van der Waals surface area contributed by atoms with Gasteiger partial charge in [0.15, 0.2) is 0 Å². The van der Waals surface area contributed by atoms with E-state index in [0.29, 0.717) is 22.8 Å². The Balaban J connectivity index is 1.85. The first kappa shape index (κ1) is 16.9. The standard InChI is InChI=1S/C16H16F2N6O/c1-16(17,18)11-2-4-12(5-3-11)20-14-6-7-19-10-13(14)15-21-23-24(22-15)8-9-25/h2-7,10,25H,8-9H2,1H3,(H,19,20). The number of tetrazole rings is 1. The van der Waals surface area contributed by atoms with Gasteiger partial charge in [0.1, 0.15) is 0 Å². The number of alkyl halides is 2. The molecule has 25 heavy (non-hydrogen) atoms. The topological polar surface area (TPSA) is 88.8 Å². The van der Waals surface area contributed by atoms with Crippen LogP contribution in [0.25, 0.3) is 11.4 Å². The van der Waals surface area contributed by atoms with Gasteiger partial charge >= 0.3 is 0 Å². The summed E-state index contributed by atoms with van der Waals surface area (Å²) in [5.41, 5.74) is 1.86. The normalized spacial score (nSPS) is 11.5. The fraction of sp³-hybridized carbons (Fsp3) is 0.250. The molecule has 0 saturated carbocycles. The zero-order valence-corrected chi connectivity index (χ0v) is 13.4. The Hall–Kier alpha value is -2.94. The average Bonchev–Trinajstić information content (AvgIpc) is 3.04. The molecule has 0 fully saturated rings. The smallest absolute Gasteiger partial charge is 0.270 e. The Morgan fingerprint density at radius 1 is 1.20 bits per heavy atom. The summed E-state index contributed by atoms with van der Waals surface area (Å²) in [6.07, 6.45) is 3.18. The number of aliphatic hydroxyl groups is 1. The molecular formula is C16H16F2N6O. The van der Waals surface area contributed by atoms with Crippen LogP contribution in [0.3, 0.4) is 0 Å². The molecule has 7 nitrogen and oxygen atoms in total. The predicted molar refractivity (Wildman–Crippen MR) is 87.4 cm³/mol. The van der Waals surface area contributed by atoms with E-state index in [2.05, 4.69) is 25.7 Å². The molecule has 0 radical (unpaired) electrons. The fourth-order valence-corrected chi connectivity index (χ4v) is 2.22. The summed E-state index contributed by atoms with van der Waals surface area (Å²) in [6.45, 7) is 1.00. The van der Waals surface area contributed by atoms with E-state index in [1.807, 2.05) is 0 Å². The number of pyridine rings is 1. The number of halogens is 2. The maximum atomic E-state index is 13.3. The number of hydrogen-bond acceptors (Lipinski definition) is 6. The van der Waals surface area contributed by atoms with Gasteiger partial charge in [-0.15, -0.1) is 10.2 Å². The molecule has 0 amide bonds. The second-order valence-corrected chi connectivity index (χ2v) is 5.44. The predicted octanol–water partition coefficient (Wildman–Crippen LogP) is 2.58. The monoisotopic (exact) mass is 346 g/mol. The number of aliphatic hydroxyl groups excluding tert-OH is 1. The zero-order valence-electron chi connectivity index (χ0n) is 13.4. The number of nitrogens with one attached hydrogen (secondary N) is 1. The van der Waals surface area contributed by atoms with Gasteiger partial charge in [-0.25, -0.2) is 8.78 Å². The molecule has 3 rings (SSSR count). The maximum Gasteiger partial charge on any atom is 0.270 e. The summed E-state index contributed by atoms with van der Waals surface area (Å²) in [5, 5.41) is 24.0. The third-order valence-corrected chi connectivity index (χ3v) is 3.49. The van der Waals surface area contributed by atoms with Crippen LogP contribution < -0.4 is 5.32 Å². The molecule has 0 atom stereocenters. The van der Waals surface area contributed by atoms with E-state index < -0.39 is 5.92 Å². The highest BCUT2D eigenvalue weighted by Crippen LogP contribution is 2.30. The van der Waals surface area contributed by atoms with E-state index >= 15 is 0 Å². The van der Waals surface area contributed by atoms with Crippen LogP contribution in [0.2, 0.25) is 0 Å². The van der Waals surface area contributed by atoms with E-state index in [1.54, 1.807) is 30.6 Å². The average molecular weight is 346 g/mol. The Labute approximate surface area is 142 Å². The largest absolute Gasteiger partial charge is 0.394 e. The second kappa shape index (κ2) is 6.89. The van der Waals surface area contributed by atoms with Crippen LogP contribution >= 0.6 is 0 Å². The lowest BCUT2D eigenvalue weighted by atomic mass is 10.1. The van der Waals surface area contributed by atoms with Crippen molar-refractivity contribution < 1.29 is 13.9 Å². The molecule has 3 aromatic rings. The van der Waals surface area contributed by atoms with Gasteiger partial charge in [-0.2, -0.15) is 4.80 Å². The molecule has 0 unspecified atom stereocenters. The van der Waals surface area contributed by atoms with Gasteiger partial charge in [-0.3, -0.25) is 4.98 Å². The number of rotatable bonds is 6. The summed E-state index contributed by atoms with van der Waals surface area (Å²) >= 11 is 0. The SMILES string of the molecule is CC(F)(F)c1ccc(Nc2ccncc2-c2nnn(CCO)n2)cc1. The Kier molecular flexibility index (Phi) is 4.66. The van der Waals surface area contributed by atoms with Crippen LogP contribution in [0.1, 0.15) is 12.5 Å². The highest BCUT2D eigenvalue weighted by molar-refractivity contribution is 5.76. The number of aromatic nitrogens is 5. The van der Waals surface area contributed by atoms with Crippen molar-refractivity contribution in [3.63, 3.8) is 0 Å². The van der Waals surface area contributed by atoms with Crippen LogP contribution in [0.15, 0.2) is 42.7 Å². The van der Waals surface area contributed by atoms with E-state index in [1.165, 1.54) is 16.9 Å². The highest BCUT2D eigenvalue weighted by Gasteiger charge is 2.23. The summed E-state index contributed by atoms with van der Waals surface area (Å²) in [4.78, 5) is 5.34. The van der Waals surface area contributed by atoms with Crippen LogP contribution in [0, 0.1) is 0 Å². The van der Waals surface area contributed by atoms with Crippen molar-refractivity contribution in [2.75, 3.05) is 11.9 Å². The molecule has 0 aliphatic rings. The lowest BCUT2D eigenvalue weighted by Gasteiger charge is -2.13. The number of benzene rings is 1. The van der Waals surface area contributed by atoms with Gasteiger partial charge in [0, 0.05) is 30.6 Å². The van der Waals surface area contributed by atoms with Crippen molar-refractivity contribution in [1.82, 2.24) is 25.2 Å². The van der Waals surface area contributed by atoms with Crippen LogP contribution in [-0.2, 0) is 12.5 Å². The van der Waals surface area contributed by atoms with Crippen molar-refractivity contribution in [2.24, 2.45) is 0 Å². The van der Waals surface area contributed by atoms with Crippen LogP contribution in [0.5, 0.6) is 0 Å². The minimum absolute atomic E-state index is 0.0541. The third kappa shape index (κ3) is 3.94. The molecule has 0 aliphatic carbocycles. The minimum atomic E-state index is -2.88. The molecule has 2 heterocycles. The molecule has 9 heteroatoms. The number of nitrogens with zero attached hydrogens (tertiary/aromatic N) is 5. The Bertz CT molecular complexity index is 844. The van der Waals surface area contributed by atoms with Crippen molar-refractivity contribution in [2.45, 2.75) is 19.4 Å². The van der Waals surface area contributed by atoms with E-state index in [9.17, 15) is 8.78 Å². The third-order valence-electron chi connectivity index (χ3n) is 3.49.